The van der Waals surface area contributed by atoms with Gasteiger partial charge in [0.1, 0.15) is 0 Å². The Hall–Kier alpha value is -1.22. The third-order valence-corrected chi connectivity index (χ3v) is 2.72. The van der Waals surface area contributed by atoms with Crippen molar-refractivity contribution in [2.45, 2.75) is 45.4 Å². The first-order chi connectivity index (χ1) is 7.36. The molecule has 0 fully saturated rings. The molecule has 0 bridgehead atoms. The van der Waals surface area contributed by atoms with E-state index in [2.05, 4.69) is 37.1 Å². The highest BCUT2D eigenvalue weighted by Crippen LogP contribution is 2.09. The first-order valence-electron chi connectivity index (χ1n) is 5.88. The molecule has 1 rings (SSSR count). The van der Waals surface area contributed by atoms with Crippen LogP contribution in [-0.4, -0.2) is 0 Å². The lowest BCUT2D eigenvalue weighted by molar-refractivity contribution is 0.692. The summed E-state index contributed by atoms with van der Waals surface area (Å²) in [5.74, 6) is 2.68. The van der Waals surface area contributed by atoms with Crippen LogP contribution in [0.3, 0.4) is 0 Å². The Morgan fingerprint density at radius 1 is 1.00 bits per heavy atom. The minimum atomic E-state index is 0.925. The molecule has 0 aliphatic heterocycles. The molecule has 0 heterocycles. The normalized spacial score (nSPS) is 9.87. The summed E-state index contributed by atoms with van der Waals surface area (Å²) in [6, 6.07) is 8.97. The predicted molar refractivity (Wildman–Crippen MR) is 66.8 cm³/mol. The number of hydrogen-bond donors (Lipinski definition) is 0. The second-order valence-corrected chi connectivity index (χ2v) is 3.93. The average molecular weight is 200 g/mol. The quantitative estimate of drug-likeness (QED) is 0.481. The molecule has 0 aliphatic rings. The second-order valence-electron chi connectivity index (χ2n) is 3.93. The predicted octanol–water partition coefficient (Wildman–Crippen LogP) is 3.99. The summed E-state index contributed by atoms with van der Waals surface area (Å²) >= 11 is 0. The zero-order chi connectivity index (χ0) is 10.9. The molecular formula is C15H20. The maximum absolute atomic E-state index is 5.20. The number of benzene rings is 1. The largest absolute Gasteiger partial charge is 0.120 e. The van der Waals surface area contributed by atoms with Gasteiger partial charge in [0.2, 0.25) is 0 Å². The lowest BCUT2D eigenvalue weighted by Crippen LogP contribution is -1.87. The monoisotopic (exact) mass is 200 g/mol. The van der Waals surface area contributed by atoms with Crippen LogP contribution in [0.15, 0.2) is 24.3 Å². The first-order valence-corrected chi connectivity index (χ1v) is 5.88. The van der Waals surface area contributed by atoms with Gasteiger partial charge in [-0.2, -0.15) is 0 Å². The molecule has 0 unspecified atom stereocenters. The molecule has 0 N–H and O–H groups in total. The van der Waals surface area contributed by atoms with Crippen molar-refractivity contribution in [2.75, 3.05) is 0 Å². The number of hydrogen-bond acceptors (Lipinski definition) is 0. The minimum absolute atomic E-state index is 0.925. The Kier molecular flexibility index (Phi) is 5.63. The van der Waals surface area contributed by atoms with Gasteiger partial charge in [-0.25, -0.2) is 0 Å². The van der Waals surface area contributed by atoms with Crippen molar-refractivity contribution >= 4 is 0 Å². The van der Waals surface area contributed by atoms with E-state index in [0.717, 1.165) is 12.8 Å². The van der Waals surface area contributed by atoms with Crippen LogP contribution in [0, 0.1) is 12.3 Å². The molecule has 0 atom stereocenters. The molecule has 0 saturated carbocycles. The van der Waals surface area contributed by atoms with Crippen LogP contribution >= 0.6 is 0 Å². The number of rotatable bonds is 6. The number of aryl methyl sites for hydroxylation is 2. The van der Waals surface area contributed by atoms with Gasteiger partial charge in [-0.05, 0) is 36.8 Å². The molecule has 0 saturated heterocycles. The van der Waals surface area contributed by atoms with Crippen molar-refractivity contribution in [3.8, 4) is 12.3 Å². The molecule has 0 nitrogen and oxygen atoms in total. The Balaban J connectivity index is 2.23. The van der Waals surface area contributed by atoms with Crippen molar-refractivity contribution in [1.29, 1.82) is 0 Å². The maximum atomic E-state index is 5.20. The van der Waals surface area contributed by atoms with E-state index >= 15 is 0 Å². The van der Waals surface area contributed by atoms with E-state index < -0.39 is 0 Å². The van der Waals surface area contributed by atoms with Crippen LogP contribution in [0.5, 0.6) is 0 Å². The average Bonchev–Trinajstić information content (AvgIpc) is 2.30. The van der Waals surface area contributed by atoms with Gasteiger partial charge in [0, 0.05) is 6.42 Å². The SMILES string of the molecule is C#CCCCCCc1ccc(CC)cc1. The van der Waals surface area contributed by atoms with Crippen LogP contribution in [-0.2, 0) is 12.8 Å². The highest BCUT2D eigenvalue weighted by molar-refractivity contribution is 5.22. The zero-order valence-electron chi connectivity index (χ0n) is 9.63. The molecule has 0 amide bonds. The Bertz CT molecular complexity index is 300. The van der Waals surface area contributed by atoms with E-state index in [1.54, 1.807) is 0 Å². The van der Waals surface area contributed by atoms with Gasteiger partial charge in [0.15, 0.2) is 0 Å². The smallest absolute Gasteiger partial charge is 0.00860 e. The summed E-state index contributed by atoms with van der Waals surface area (Å²) in [5.41, 5.74) is 2.87. The van der Waals surface area contributed by atoms with Crippen molar-refractivity contribution in [1.82, 2.24) is 0 Å². The molecule has 1 aromatic carbocycles. The Morgan fingerprint density at radius 2 is 1.67 bits per heavy atom. The summed E-state index contributed by atoms with van der Waals surface area (Å²) in [6.45, 7) is 2.19. The zero-order valence-corrected chi connectivity index (χ0v) is 9.63. The fourth-order valence-electron chi connectivity index (χ4n) is 1.67. The molecular weight excluding hydrogens is 180 g/mol. The summed E-state index contributed by atoms with van der Waals surface area (Å²) < 4.78 is 0. The molecule has 0 spiro atoms. The third kappa shape index (κ3) is 4.70. The molecule has 80 valence electrons. The summed E-state index contributed by atoms with van der Waals surface area (Å²) in [4.78, 5) is 0. The Labute approximate surface area is 93.7 Å². The van der Waals surface area contributed by atoms with Crippen LogP contribution in [0.2, 0.25) is 0 Å². The molecule has 0 radical (unpaired) electrons. The van der Waals surface area contributed by atoms with Crippen molar-refractivity contribution in [3.05, 3.63) is 35.4 Å². The summed E-state index contributed by atoms with van der Waals surface area (Å²) in [5, 5.41) is 0. The van der Waals surface area contributed by atoms with Crippen molar-refractivity contribution < 1.29 is 0 Å². The topological polar surface area (TPSA) is 0 Å². The fraction of sp³-hybridized carbons (Fsp3) is 0.467. The van der Waals surface area contributed by atoms with Gasteiger partial charge in [-0.15, -0.1) is 12.3 Å². The van der Waals surface area contributed by atoms with Gasteiger partial charge < -0.3 is 0 Å². The lowest BCUT2D eigenvalue weighted by Gasteiger charge is -2.02. The summed E-state index contributed by atoms with van der Waals surface area (Å²) in [7, 11) is 0. The van der Waals surface area contributed by atoms with Crippen LogP contribution in [0.1, 0.15) is 43.7 Å². The second kappa shape index (κ2) is 7.12. The molecule has 0 aliphatic carbocycles. The lowest BCUT2D eigenvalue weighted by atomic mass is 10.0. The van der Waals surface area contributed by atoms with Gasteiger partial charge in [-0.3, -0.25) is 0 Å². The number of terminal acetylenes is 1. The van der Waals surface area contributed by atoms with Crippen molar-refractivity contribution in [2.24, 2.45) is 0 Å². The van der Waals surface area contributed by atoms with Crippen molar-refractivity contribution in [3.63, 3.8) is 0 Å². The van der Waals surface area contributed by atoms with E-state index in [1.807, 2.05) is 0 Å². The highest BCUT2D eigenvalue weighted by Gasteiger charge is 1.94. The Morgan fingerprint density at radius 3 is 2.27 bits per heavy atom. The van der Waals surface area contributed by atoms with Crippen LogP contribution < -0.4 is 0 Å². The molecule has 0 heteroatoms. The molecule has 0 aromatic heterocycles. The van der Waals surface area contributed by atoms with E-state index in [-0.39, 0.29) is 0 Å². The van der Waals surface area contributed by atoms with Gasteiger partial charge in [0.05, 0.1) is 0 Å². The number of unbranched alkanes of at least 4 members (excludes halogenated alkanes) is 3. The standard InChI is InChI=1S/C15H20/c1-3-5-6-7-8-9-15-12-10-14(4-2)11-13-15/h1,10-13H,4-9H2,2H3. The van der Waals surface area contributed by atoms with Gasteiger partial charge in [0.25, 0.3) is 0 Å². The highest BCUT2D eigenvalue weighted by atomic mass is 14.0. The van der Waals surface area contributed by atoms with Gasteiger partial charge in [-0.1, -0.05) is 37.6 Å². The third-order valence-electron chi connectivity index (χ3n) is 2.72. The maximum Gasteiger partial charge on any atom is 0.00860 e. The van der Waals surface area contributed by atoms with E-state index in [9.17, 15) is 0 Å². The first kappa shape index (κ1) is 11.9. The van der Waals surface area contributed by atoms with E-state index in [0.29, 0.717) is 0 Å². The van der Waals surface area contributed by atoms with Crippen LogP contribution in [0.4, 0.5) is 0 Å². The fourth-order valence-corrected chi connectivity index (χ4v) is 1.67. The van der Waals surface area contributed by atoms with Gasteiger partial charge >= 0.3 is 0 Å². The molecule has 15 heavy (non-hydrogen) atoms. The van der Waals surface area contributed by atoms with Crippen LogP contribution in [0.25, 0.3) is 0 Å². The summed E-state index contributed by atoms with van der Waals surface area (Å²) in [6.07, 6.45) is 12.1. The molecule has 1 aromatic rings. The minimum Gasteiger partial charge on any atom is -0.120 e. The van der Waals surface area contributed by atoms with E-state index in [4.69, 9.17) is 6.42 Å². The van der Waals surface area contributed by atoms with E-state index in [1.165, 1.54) is 36.8 Å².